The number of hydrogen-bond donors (Lipinski definition) is 0. The lowest BCUT2D eigenvalue weighted by atomic mass is 10.8. The summed E-state index contributed by atoms with van der Waals surface area (Å²) in [5.41, 5.74) is -3.05. The Morgan fingerprint density at radius 2 is 1.75 bits per heavy atom. The van der Waals surface area contributed by atoms with Gasteiger partial charge in [0, 0.05) is 0 Å². The second-order valence-electron chi connectivity index (χ2n) is 0.946. The molecule has 0 aromatic rings. The van der Waals surface area contributed by atoms with E-state index in [1.54, 1.807) is 0 Å². The molecular weight excluding hydrogens is 145 g/mol. The number of halogens is 3. The molecule has 0 saturated heterocycles. The van der Waals surface area contributed by atoms with Crippen LogP contribution in [0.3, 0.4) is 0 Å². The Hall–Kier alpha value is -0.100. The summed E-state index contributed by atoms with van der Waals surface area (Å²) in [6.07, 6.45) is -3.44. The molecule has 0 N–H and O–H groups in total. The average Bonchev–Trinajstić information content (AvgIpc) is 1.64. The van der Waals surface area contributed by atoms with Gasteiger partial charge in [0.05, 0.1) is 0 Å². The molecule has 0 amide bonds. The normalized spacial score (nSPS) is 18.6. The first-order valence-corrected chi connectivity index (χ1v) is 2.70. The molecule has 0 radical (unpaired) electrons. The van der Waals surface area contributed by atoms with Crippen molar-refractivity contribution in [3.05, 3.63) is 0 Å². The van der Waals surface area contributed by atoms with E-state index in [0.717, 1.165) is 0 Å². The van der Waals surface area contributed by atoms with E-state index in [0.29, 0.717) is 0 Å². The minimum absolute atomic E-state index is 3.05. The zero-order valence-corrected chi connectivity index (χ0v) is 4.33. The maximum absolute atomic E-state index is 11.3. The largest absolute Gasteiger partial charge is 0.770 e. The SMILES string of the molecule is O=S([O-])C(F)C(F)F. The maximum Gasteiger partial charge on any atom is 0.279 e. The highest BCUT2D eigenvalue weighted by molar-refractivity contribution is 7.79. The fourth-order valence-electron chi connectivity index (χ4n) is 0.0840. The Morgan fingerprint density at radius 3 is 1.75 bits per heavy atom. The van der Waals surface area contributed by atoms with E-state index in [1.165, 1.54) is 0 Å². The summed E-state index contributed by atoms with van der Waals surface area (Å²) < 4.78 is 51.7. The molecule has 0 aliphatic rings. The van der Waals surface area contributed by atoms with Crippen molar-refractivity contribution >= 4 is 11.1 Å². The highest BCUT2D eigenvalue weighted by atomic mass is 32.2. The quantitative estimate of drug-likeness (QED) is 0.531. The van der Waals surface area contributed by atoms with Gasteiger partial charge in [0.15, 0.2) is 0 Å². The van der Waals surface area contributed by atoms with Crippen LogP contribution in [0.2, 0.25) is 0 Å². The van der Waals surface area contributed by atoms with Gasteiger partial charge in [-0.1, -0.05) is 0 Å². The third-order valence-electron chi connectivity index (χ3n) is 0.382. The minimum Gasteiger partial charge on any atom is -0.770 e. The molecule has 0 rings (SSSR count). The van der Waals surface area contributed by atoms with E-state index in [2.05, 4.69) is 0 Å². The number of rotatable bonds is 2. The average molecular weight is 147 g/mol. The fourth-order valence-corrected chi connectivity index (χ4v) is 0.252. The maximum atomic E-state index is 11.3. The van der Waals surface area contributed by atoms with Crippen molar-refractivity contribution in [1.82, 2.24) is 0 Å². The summed E-state index contributed by atoms with van der Waals surface area (Å²) in [4.78, 5) is 0. The van der Waals surface area contributed by atoms with Gasteiger partial charge in [0.1, 0.15) is 0 Å². The van der Waals surface area contributed by atoms with Gasteiger partial charge in [-0.05, 0) is 11.1 Å². The van der Waals surface area contributed by atoms with Crippen LogP contribution in [-0.4, -0.2) is 20.7 Å². The van der Waals surface area contributed by atoms with E-state index < -0.39 is 23.0 Å². The first kappa shape index (κ1) is 7.90. The van der Waals surface area contributed by atoms with Crippen molar-refractivity contribution in [2.75, 3.05) is 0 Å². The Labute approximate surface area is 46.0 Å². The van der Waals surface area contributed by atoms with Gasteiger partial charge >= 0.3 is 0 Å². The third-order valence-corrected chi connectivity index (χ3v) is 0.955. The van der Waals surface area contributed by atoms with E-state index in [1.807, 2.05) is 0 Å². The van der Waals surface area contributed by atoms with Gasteiger partial charge in [-0.3, -0.25) is 4.21 Å². The molecule has 0 heterocycles. The summed E-state index contributed by atoms with van der Waals surface area (Å²) in [7, 11) is 0. The molecule has 0 aliphatic heterocycles. The Kier molecular flexibility index (Phi) is 2.99. The summed E-state index contributed by atoms with van der Waals surface area (Å²) in [5, 5.41) is 0. The van der Waals surface area contributed by atoms with E-state index in [4.69, 9.17) is 0 Å². The Morgan fingerprint density at radius 1 is 1.38 bits per heavy atom. The second kappa shape index (κ2) is 3.03. The molecule has 8 heavy (non-hydrogen) atoms. The van der Waals surface area contributed by atoms with Crippen LogP contribution in [0.4, 0.5) is 13.2 Å². The van der Waals surface area contributed by atoms with Crippen LogP contribution in [0.5, 0.6) is 0 Å². The van der Waals surface area contributed by atoms with E-state index in [9.17, 15) is 21.9 Å². The van der Waals surface area contributed by atoms with E-state index >= 15 is 0 Å². The number of alkyl halides is 3. The smallest absolute Gasteiger partial charge is 0.279 e. The molecule has 0 fully saturated rings. The fraction of sp³-hybridized carbons (Fsp3) is 1.00. The topological polar surface area (TPSA) is 40.1 Å². The van der Waals surface area contributed by atoms with Crippen LogP contribution in [0.25, 0.3) is 0 Å². The van der Waals surface area contributed by atoms with Crippen molar-refractivity contribution in [1.29, 1.82) is 0 Å². The van der Waals surface area contributed by atoms with Gasteiger partial charge in [-0.15, -0.1) is 0 Å². The van der Waals surface area contributed by atoms with Gasteiger partial charge in [0.25, 0.3) is 6.43 Å². The molecule has 0 spiro atoms. The van der Waals surface area contributed by atoms with E-state index in [-0.39, 0.29) is 0 Å². The molecule has 2 unspecified atom stereocenters. The lowest BCUT2D eigenvalue weighted by Gasteiger charge is -2.08. The van der Waals surface area contributed by atoms with Crippen molar-refractivity contribution in [2.24, 2.45) is 0 Å². The predicted octanol–water partition coefficient (Wildman–Crippen LogP) is 0.426. The first-order chi connectivity index (χ1) is 3.55. The van der Waals surface area contributed by atoms with Gasteiger partial charge < -0.3 is 4.55 Å². The van der Waals surface area contributed by atoms with Crippen molar-refractivity contribution < 1.29 is 21.9 Å². The van der Waals surface area contributed by atoms with Crippen LogP contribution >= 0.6 is 0 Å². The molecule has 0 bridgehead atoms. The molecular formula is C2H2F3O2S-. The van der Waals surface area contributed by atoms with Crippen molar-refractivity contribution in [3.63, 3.8) is 0 Å². The molecule has 2 nitrogen and oxygen atoms in total. The Bertz CT molecular complexity index is 95.3. The lowest BCUT2D eigenvalue weighted by Crippen LogP contribution is -2.17. The molecule has 0 aliphatic carbocycles. The first-order valence-electron chi connectivity index (χ1n) is 1.56. The monoisotopic (exact) mass is 147 g/mol. The van der Waals surface area contributed by atoms with Crippen LogP contribution in [0, 0.1) is 0 Å². The predicted molar refractivity (Wildman–Crippen MR) is 19.8 cm³/mol. The molecule has 0 aromatic heterocycles. The standard InChI is InChI=1S/C2H3F3O2S/c3-1(4)2(5)8(6)7/h1-2H,(H,6,7)/p-1. The highest BCUT2D eigenvalue weighted by Gasteiger charge is 2.18. The molecule has 6 heteroatoms. The summed E-state index contributed by atoms with van der Waals surface area (Å²) in [6, 6.07) is 0. The Balaban J connectivity index is 3.64. The second-order valence-corrected chi connectivity index (χ2v) is 1.92. The summed E-state index contributed by atoms with van der Waals surface area (Å²) >= 11 is -3.31. The van der Waals surface area contributed by atoms with Crippen LogP contribution in [0.15, 0.2) is 0 Å². The van der Waals surface area contributed by atoms with Crippen molar-refractivity contribution in [2.45, 2.75) is 11.9 Å². The number of hydrogen-bond acceptors (Lipinski definition) is 2. The van der Waals surface area contributed by atoms with Crippen molar-refractivity contribution in [3.8, 4) is 0 Å². The molecule has 0 aromatic carbocycles. The highest BCUT2D eigenvalue weighted by Crippen LogP contribution is 2.06. The third kappa shape index (κ3) is 2.27. The zero-order chi connectivity index (χ0) is 6.73. The summed E-state index contributed by atoms with van der Waals surface area (Å²) in [5.74, 6) is 0. The van der Waals surface area contributed by atoms with Crippen LogP contribution < -0.4 is 0 Å². The van der Waals surface area contributed by atoms with Gasteiger partial charge in [0.2, 0.25) is 5.50 Å². The summed E-state index contributed by atoms with van der Waals surface area (Å²) in [6.45, 7) is 0. The molecule has 0 saturated carbocycles. The van der Waals surface area contributed by atoms with Gasteiger partial charge in [-0.2, -0.15) is 0 Å². The van der Waals surface area contributed by atoms with Gasteiger partial charge in [-0.25, -0.2) is 13.2 Å². The minimum atomic E-state index is -3.44. The molecule has 2 atom stereocenters. The van der Waals surface area contributed by atoms with Crippen LogP contribution in [0.1, 0.15) is 0 Å². The zero-order valence-electron chi connectivity index (χ0n) is 3.51. The van der Waals surface area contributed by atoms with Crippen LogP contribution in [-0.2, 0) is 11.1 Å². The molecule has 50 valence electrons. The lowest BCUT2D eigenvalue weighted by molar-refractivity contribution is 0.0891.